The highest BCUT2D eigenvalue weighted by molar-refractivity contribution is 8.00. The number of benzene rings is 2. The number of nitrogens with one attached hydrogen (secondary N) is 2. The zero-order valence-corrected chi connectivity index (χ0v) is 18.0. The number of hydrogen-bond donors (Lipinski definition) is 3. The number of anilines is 2. The SMILES string of the molecule is Cc1[nH]c2ccccc2c1C(=O)CSc1nc(N)c(C(=O)Nc2ccccc2)cc1C#N. The first-order chi connectivity index (χ1) is 15.5. The molecule has 0 aliphatic rings. The van der Waals surface area contributed by atoms with Gasteiger partial charge in [0.25, 0.3) is 5.91 Å². The van der Waals surface area contributed by atoms with Crippen LogP contribution in [0.25, 0.3) is 10.9 Å². The summed E-state index contributed by atoms with van der Waals surface area (Å²) in [6, 6.07) is 20.0. The van der Waals surface area contributed by atoms with E-state index in [0.29, 0.717) is 16.3 Å². The molecule has 2 aromatic carbocycles. The summed E-state index contributed by atoms with van der Waals surface area (Å²) in [5.41, 5.74) is 9.22. The van der Waals surface area contributed by atoms with Crippen LogP contribution in [-0.4, -0.2) is 27.4 Å². The predicted molar refractivity (Wildman–Crippen MR) is 126 cm³/mol. The Balaban J connectivity index is 1.54. The molecular formula is C24H19N5O2S. The number of Topliss-reactive ketones (excluding diaryl/α,β-unsaturated/α-hetero) is 1. The summed E-state index contributed by atoms with van der Waals surface area (Å²) in [5, 5.41) is 13.5. The molecule has 0 spiro atoms. The number of hydrogen-bond acceptors (Lipinski definition) is 6. The summed E-state index contributed by atoms with van der Waals surface area (Å²) in [7, 11) is 0. The monoisotopic (exact) mass is 441 g/mol. The Bertz CT molecular complexity index is 1370. The highest BCUT2D eigenvalue weighted by Crippen LogP contribution is 2.28. The Morgan fingerprint density at radius 3 is 2.62 bits per heavy atom. The van der Waals surface area contributed by atoms with Crippen LogP contribution >= 0.6 is 11.8 Å². The number of H-pyrrole nitrogens is 1. The number of nitrogens with zero attached hydrogens (tertiary/aromatic N) is 2. The zero-order chi connectivity index (χ0) is 22.7. The third-order valence-electron chi connectivity index (χ3n) is 4.93. The smallest absolute Gasteiger partial charge is 0.259 e. The fraction of sp³-hybridized carbons (Fsp3) is 0.0833. The van der Waals surface area contributed by atoms with Gasteiger partial charge in [0.15, 0.2) is 5.78 Å². The Kier molecular flexibility index (Phi) is 5.92. The molecule has 0 fully saturated rings. The third-order valence-corrected chi connectivity index (χ3v) is 5.92. The van der Waals surface area contributed by atoms with Crippen molar-refractivity contribution in [2.24, 2.45) is 0 Å². The molecule has 4 aromatic rings. The van der Waals surface area contributed by atoms with Gasteiger partial charge in [0.2, 0.25) is 0 Å². The van der Waals surface area contributed by atoms with Crippen molar-refractivity contribution in [2.45, 2.75) is 11.9 Å². The van der Waals surface area contributed by atoms with Gasteiger partial charge in [-0.25, -0.2) is 4.98 Å². The molecule has 4 N–H and O–H groups in total. The van der Waals surface area contributed by atoms with Crippen molar-refractivity contribution in [3.63, 3.8) is 0 Å². The van der Waals surface area contributed by atoms with Crippen LogP contribution in [-0.2, 0) is 0 Å². The Morgan fingerprint density at radius 1 is 1.16 bits per heavy atom. The maximum atomic E-state index is 12.9. The van der Waals surface area contributed by atoms with Gasteiger partial charge in [-0.05, 0) is 31.2 Å². The third kappa shape index (κ3) is 4.19. The lowest BCUT2D eigenvalue weighted by molar-refractivity contribution is 0.101. The standard InChI is InChI=1S/C24H19N5O2S/c1-14-21(17-9-5-6-10-19(17)27-14)20(30)13-32-24-15(12-25)11-18(22(26)29-24)23(31)28-16-7-3-2-4-8-16/h2-11,27H,13H2,1H3,(H2,26,29)(H,28,31). The van der Waals surface area contributed by atoms with Crippen LogP contribution in [0, 0.1) is 18.3 Å². The number of carbonyl (C=O) groups is 2. The molecule has 0 aliphatic carbocycles. The topological polar surface area (TPSA) is 125 Å². The number of aromatic amines is 1. The highest BCUT2D eigenvalue weighted by Gasteiger charge is 2.20. The molecule has 0 saturated carbocycles. The zero-order valence-electron chi connectivity index (χ0n) is 17.2. The molecule has 0 radical (unpaired) electrons. The van der Waals surface area contributed by atoms with Gasteiger partial charge in [0.05, 0.1) is 16.9 Å². The number of ketones is 1. The average Bonchev–Trinajstić information content (AvgIpc) is 3.13. The Hall–Kier alpha value is -4.09. The fourth-order valence-corrected chi connectivity index (χ4v) is 4.28. The second-order valence-corrected chi connectivity index (χ2v) is 8.05. The second-order valence-electron chi connectivity index (χ2n) is 7.09. The molecule has 8 heteroatoms. The van der Waals surface area contributed by atoms with E-state index < -0.39 is 5.91 Å². The van der Waals surface area contributed by atoms with Crippen LogP contribution < -0.4 is 11.1 Å². The summed E-state index contributed by atoms with van der Waals surface area (Å²) in [6.07, 6.45) is 0. The van der Waals surface area contributed by atoms with Gasteiger partial charge < -0.3 is 16.0 Å². The summed E-state index contributed by atoms with van der Waals surface area (Å²) in [4.78, 5) is 33.0. The van der Waals surface area contributed by atoms with Crippen molar-refractivity contribution in [3.8, 4) is 6.07 Å². The Morgan fingerprint density at radius 2 is 1.88 bits per heavy atom. The van der Waals surface area contributed by atoms with Crippen LogP contribution in [0.5, 0.6) is 0 Å². The molecule has 2 heterocycles. The van der Waals surface area contributed by atoms with Crippen molar-refractivity contribution in [1.82, 2.24) is 9.97 Å². The van der Waals surface area contributed by atoms with Gasteiger partial charge in [-0.1, -0.05) is 48.2 Å². The summed E-state index contributed by atoms with van der Waals surface area (Å²) in [6.45, 7) is 1.86. The first-order valence-electron chi connectivity index (χ1n) is 9.78. The van der Waals surface area contributed by atoms with Crippen molar-refractivity contribution in [2.75, 3.05) is 16.8 Å². The average molecular weight is 442 g/mol. The van der Waals surface area contributed by atoms with Crippen LogP contribution in [0.1, 0.15) is 32.0 Å². The molecule has 0 unspecified atom stereocenters. The number of amides is 1. The number of aryl methyl sites for hydroxylation is 1. The molecule has 0 saturated heterocycles. The van der Waals surface area contributed by atoms with Gasteiger partial charge in [0.1, 0.15) is 16.9 Å². The van der Waals surface area contributed by atoms with Gasteiger partial charge in [-0.3, -0.25) is 9.59 Å². The number of rotatable bonds is 6. The van der Waals surface area contributed by atoms with Crippen molar-refractivity contribution in [3.05, 3.63) is 83.0 Å². The molecule has 2 aromatic heterocycles. The van der Waals surface area contributed by atoms with E-state index in [0.717, 1.165) is 28.4 Å². The number of aromatic nitrogens is 2. The number of fused-ring (bicyclic) bond motifs is 1. The summed E-state index contributed by atoms with van der Waals surface area (Å²) >= 11 is 1.13. The minimum absolute atomic E-state index is 0.00402. The molecule has 32 heavy (non-hydrogen) atoms. The van der Waals surface area contributed by atoms with Crippen molar-refractivity contribution < 1.29 is 9.59 Å². The van der Waals surface area contributed by atoms with Crippen LogP contribution in [0.4, 0.5) is 11.5 Å². The van der Waals surface area contributed by atoms with Crippen LogP contribution in [0.2, 0.25) is 0 Å². The molecule has 0 bridgehead atoms. The first-order valence-corrected chi connectivity index (χ1v) is 10.8. The van der Waals surface area contributed by atoms with E-state index in [2.05, 4.69) is 15.3 Å². The predicted octanol–water partition coefficient (Wildman–Crippen LogP) is 4.55. The minimum atomic E-state index is -0.459. The van der Waals surface area contributed by atoms with E-state index in [9.17, 15) is 14.9 Å². The molecule has 0 aliphatic heterocycles. The normalized spacial score (nSPS) is 10.6. The molecule has 7 nitrogen and oxygen atoms in total. The number of nitrogens with two attached hydrogens (primary N) is 1. The number of para-hydroxylation sites is 2. The maximum Gasteiger partial charge on any atom is 0.259 e. The lowest BCUT2D eigenvalue weighted by Crippen LogP contribution is -2.16. The fourth-order valence-electron chi connectivity index (χ4n) is 3.44. The van der Waals surface area contributed by atoms with E-state index in [-0.39, 0.29) is 28.5 Å². The van der Waals surface area contributed by atoms with Crippen molar-refractivity contribution in [1.29, 1.82) is 5.26 Å². The van der Waals surface area contributed by atoms with Gasteiger partial charge in [-0.2, -0.15) is 5.26 Å². The van der Waals surface area contributed by atoms with E-state index in [1.165, 1.54) is 6.07 Å². The molecular weight excluding hydrogens is 422 g/mol. The largest absolute Gasteiger partial charge is 0.383 e. The number of pyridine rings is 1. The maximum absolute atomic E-state index is 12.9. The van der Waals surface area contributed by atoms with E-state index in [1.54, 1.807) is 24.3 Å². The van der Waals surface area contributed by atoms with Crippen molar-refractivity contribution >= 4 is 45.9 Å². The number of nitrogen functional groups attached to an aromatic ring is 1. The number of thioether (sulfide) groups is 1. The summed E-state index contributed by atoms with van der Waals surface area (Å²) in [5.74, 6) is -0.463. The molecule has 4 rings (SSSR count). The molecule has 0 atom stereocenters. The first kappa shape index (κ1) is 21.2. The number of nitriles is 1. The second kappa shape index (κ2) is 8.96. The van der Waals surface area contributed by atoms with E-state index in [4.69, 9.17) is 5.73 Å². The van der Waals surface area contributed by atoms with Gasteiger partial charge >= 0.3 is 0 Å². The van der Waals surface area contributed by atoms with Gasteiger partial charge in [0, 0.05) is 27.8 Å². The van der Waals surface area contributed by atoms with E-state index >= 15 is 0 Å². The van der Waals surface area contributed by atoms with Crippen LogP contribution in [0.15, 0.2) is 65.7 Å². The summed E-state index contributed by atoms with van der Waals surface area (Å²) < 4.78 is 0. The minimum Gasteiger partial charge on any atom is -0.383 e. The van der Waals surface area contributed by atoms with E-state index in [1.807, 2.05) is 43.3 Å². The lowest BCUT2D eigenvalue weighted by Gasteiger charge is -2.10. The molecule has 1 amide bonds. The number of carbonyl (C=O) groups excluding carboxylic acids is 2. The van der Waals surface area contributed by atoms with Gasteiger partial charge in [-0.15, -0.1) is 0 Å². The lowest BCUT2D eigenvalue weighted by atomic mass is 10.1. The highest BCUT2D eigenvalue weighted by atomic mass is 32.2. The quantitative estimate of drug-likeness (QED) is 0.298. The van der Waals surface area contributed by atoms with Crippen LogP contribution in [0.3, 0.4) is 0 Å². The Labute approximate surface area is 188 Å². The molecule has 158 valence electrons.